The van der Waals surface area contributed by atoms with Gasteiger partial charge < -0.3 is 15.7 Å². The van der Waals surface area contributed by atoms with Gasteiger partial charge in [-0.15, -0.1) is 0 Å². The fraction of sp³-hybridized carbons (Fsp3) is 0.938. The molecule has 0 aromatic rings. The maximum Gasteiger partial charge on any atom is 0.225 e. The molecule has 0 heterocycles. The molecule has 2 aliphatic carbocycles. The number of hydrogen-bond acceptors (Lipinski definition) is 3. The zero-order valence-electron chi connectivity index (χ0n) is 12.8. The van der Waals surface area contributed by atoms with Crippen molar-refractivity contribution in [3.05, 3.63) is 0 Å². The molecule has 2 saturated carbocycles. The number of rotatable bonds is 4. The minimum atomic E-state index is -0.332. The third-order valence-electron chi connectivity index (χ3n) is 5.25. The number of aliphatic hydroxyl groups is 1. The standard InChI is InChI=1S/C16H30N2O2/c1-18(14-7-2-3-8-15(14)19)16(20)13-6-4-5-12(11-13)9-10-17/h12-15,19H,2-11,17H2,1H3. The van der Waals surface area contributed by atoms with Gasteiger partial charge in [0.25, 0.3) is 0 Å². The molecule has 4 atom stereocenters. The SMILES string of the molecule is CN(C(=O)C1CCCC(CCN)C1)C1CCCCC1O. The molecule has 2 rings (SSSR count). The highest BCUT2D eigenvalue weighted by molar-refractivity contribution is 5.79. The molecule has 3 N–H and O–H groups in total. The number of carbonyl (C=O) groups is 1. The number of nitrogens with two attached hydrogens (primary N) is 1. The first-order valence-electron chi connectivity index (χ1n) is 8.28. The van der Waals surface area contributed by atoms with E-state index in [1.165, 1.54) is 6.42 Å². The minimum absolute atomic E-state index is 0.0335. The Labute approximate surface area is 122 Å². The van der Waals surface area contributed by atoms with Crippen LogP contribution in [0.1, 0.15) is 57.8 Å². The molecule has 4 heteroatoms. The Bertz CT molecular complexity index is 320. The average molecular weight is 282 g/mol. The van der Waals surface area contributed by atoms with E-state index in [0.29, 0.717) is 5.92 Å². The molecule has 2 fully saturated rings. The minimum Gasteiger partial charge on any atom is -0.391 e. The zero-order chi connectivity index (χ0) is 14.5. The molecular formula is C16H30N2O2. The summed E-state index contributed by atoms with van der Waals surface area (Å²) in [4.78, 5) is 14.5. The normalized spacial score (nSPS) is 34.8. The first-order valence-corrected chi connectivity index (χ1v) is 8.28. The molecule has 116 valence electrons. The predicted octanol–water partition coefficient (Wildman–Crippen LogP) is 1.90. The average Bonchev–Trinajstić information content (AvgIpc) is 2.47. The van der Waals surface area contributed by atoms with E-state index in [2.05, 4.69) is 0 Å². The second-order valence-electron chi connectivity index (χ2n) is 6.68. The molecule has 0 aromatic heterocycles. The van der Waals surface area contributed by atoms with Gasteiger partial charge in [-0.3, -0.25) is 4.79 Å². The van der Waals surface area contributed by atoms with Gasteiger partial charge in [-0.1, -0.05) is 25.7 Å². The van der Waals surface area contributed by atoms with Gasteiger partial charge >= 0.3 is 0 Å². The summed E-state index contributed by atoms with van der Waals surface area (Å²) < 4.78 is 0. The van der Waals surface area contributed by atoms with Crippen LogP contribution in [0.5, 0.6) is 0 Å². The maximum absolute atomic E-state index is 12.7. The molecule has 4 nitrogen and oxygen atoms in total. The van der Waals surface area contributed by atoms with Gasteiger partial charge in [-0.2, -0.15) is 0 Å². The Balaban J connectivity index is 1.91. The molecule has 1 amide bonds. The summed E-state index contributed by atoms with van der Waals surface area (Å²) in [7, 11) is 1.88. The Morgan fingerprint density at radius 3 is 2.65 bits per heavy atom. The molecule has 0 saturated heterocycles. The van der Waals surface area contributed by atoms with Crippen LogP contribution in [-0.4, -0.2) is 41.7 Å². The molecule has 4 unspecified atom stereocenters. The molecular weight excluding hydrogens is 252 g/mol. The van der Waals surface area contributed by atoms with E-state index in [1.54, 1.807) is 0 Å². The van der Waals surface area contributed by atoms with Crippen molar-refractivity contribution in [3.8, 4) is 0 Å². The van der Waals surface area contributed by atoms with E-state index in [9.17, 15) is 9.90 Å². The van der Waals surface area contributed by atoms with Gasteiger partial charge in [0, 0.05) is 13.0 Å². The maximum atomic E-state index is 12.7. The number of nitrogens with zero attached hydrogens (tertiary/aromatic N) is 1. The molecule has 0 aromatic carbocycles. The largest absolute Gasteiger partial charge is 0.391 e. The van der Waals surface area contributed by atoms with E-state index in [1.807, 2.05) is 11.9 Å². The van der Waals surface area contributed by atoms with Crippen LogP contribution in [0.2, 0.25) is 0 Å². The Hall–Kier alpha value is -0.610. The van der Waals surface area contributed by atoms with Crippen molar-refractivity contribution in [2.45, 2.75) is 69.9 Å². The molecule has 2 aliphatic rings. The Morgan fingerprint density at radius 2 is 1.95 bits per heavy atom. The van der Waals surface area contributed by atoms with Crippen molar-refractivity contribution in [2.75, 3.05) is 13.6 Å². The van der Waals surface area contributed by atoms with Gasteiger partial charge in [0.2, 0.25) is 5.91 Å². The third-order valence-corrected chi connectivity index (χ3v) is 5.25. The summed E-state index contributed by atoms with van der Waals surface area (Å²) in [6.07, 6.45) is 9.06. The van der Waals surface area contributed by atoms with Gasteiger partial charge in [0.1, 0.15) is 0 Å². The third kappa shape index (κ3) is 3.73. The summed E-state index contributed by atoms with van der Waals surface area (Å²) in [5.41, 5.74) is 5.65. The second kappa shape index (κ2) is 7.41. The molecule has 0 radical (unpaired) electrons. The molecule has 0 bridgehead atoms. The Morgan fingerprint density at radius 1 is 1.20 bits per heavy atom. The van der Waals surface area contributed by atoms with E-state index in [4.69, 9.17) is 5.73 Å². The van der Waals surface area contributed by atoms with Crippen molar-refractivity contribution in [3.63, 3.8) is 0 Å². The number of aliphatic hydroxyl groups excluding tert-OH is 1. The summed E-state index contributed by atoms with van der Waals surface area (Å²) in [5, 5.41) is 10.1. The van der Waals surface area contributed by atoms with E-state index in [0.717, 1.165) is 57.9 Å². The second-order valence-corrected chi connectivity index (χ2v) is 6.68. The van der Waals surface area contributed by atoms with Crippen LogP contribution in [0, 0.1) is 11.8 Å². The topological polar surface area (TPSA) is 66.6 Å². The van der Waals surface area contributed by atoms with Crippen LogP contribution >= 0.6 is 0 Å². The lowest BCUT2D eigenvalue weighted by Gasteiger charge is -2.38. The molecule has 0 spiro atoms. The number of likely N-dealkylation sites (N-methyl/N-ethyl adjacent to an activating group) is 1. The number of carbonyl (C=O) groups excluding carboxylic acids is 1. The monoisotopic (exact) mass is 282 g/mol. The van der Waals surface area contributed by atoms with Crippen molar-refractivity contribution < 1.29 is 9.90 Å². The summed E-state index contributed by atoms with van der Waals surface area (Å²) in [6.45, 7) is 0.725. The van der Waals surface area contributed by atoms with E-state index in [-0.39, 0.29) is 24.0 Å². The van der Waals surface area contributed by atoms with Crippen LogP contribution in [0.3, 0.4) is 0 Å². The first kappa shape index (κ1) is 15.8. The lowest BCUT2D eigenvalue weighted by atomic mass is 9.79. The van der Waals surface area contributed by atoms with Crippen LogP contribution in [-0.2, 0) is 4.79 Å². The summed E-state index contributed by atoms with van der Waals surface area (Å²) in [5.74, 6) is 1.02. The lowest BCUT2D eigenvalue weighted by Crippen LogP contribution is -2.48. The van der Waals surface area contributed by atoms with E-state index >= 15 is 0 Å². The van der Waals surface area contributed by atoms with E-state index < -0.39 is 0 Å². The summed E-state index contributed by atoms with van der Waals surface area (Å²) >= 11 is 0. The summed E-state index contributed by atoms with van der Waals surface area (Å²) in [6, 6.07) is 0.0335. The fourth-order valence-electron chi connectivity index (χ4n) is 4.01. The quantitative estimate of drug-likeness (QED) is 0.827. The van der Waals surface area contributed by atoms with Gasteiger partial charge in [0.15, 0.2) is 0 Å². The van der Waals surface area contributed by atoms with Crippen LogP contribution < -0.4 is 5.73 Å². The smallest absolute Gasteiger partial charge is 0.225 e. The van der Waals surface area contributed by atoms with Gasteiger partial charge in [-0.25, -0.2) is 0 Å². The number of amides is 1. The first-order chi connectivity index (χ1) is 9.63. The fourth-order valence-corrected chi connectivity index (χ4v) is 4.01. The van der Waals surface area contributed by atoms with Crippen LogP contribution in [0.4, 0.5) is 0 Å². The highest BCUT2D eigenvalue weighted by Gasteiger charge is 2.34. The van der Waals surface area contributed by atoms with Crippen molar-refractivity contribution in [2.24, 2.45) is 17.6 Å². The Kier molecular flexibility index (Phi) is 5.85. The lowest BCUT2D eigenvalue weighted by molar-refractivity contribution is -0.141. The predicted molar refractivity (Wildman–Crippen MR) is 80.2 cm³/mol. The molecule has 0 aliphatic heterocycles. The van der Waals surface area contributed by atoms with Crippen molar-refractivity contribution in [1.82, 2.24) is 4.90 Å². The van der Waals surface area contributed by atoms with Crippen LogP contribution in [0.25, 0.3) is 0 Å². The van der Waals surface area contributed by atoms with Crippen molar-refractivity contribution >= 4 is 5.91 Å². The highest BCUT2D eigenvalue weighted by Crippen LogP contribution is 2.33. The van der Waals surface area contributed by atoms with Crippen molar-refractivity contribution in [1.29, 1.82) is 0 Å². The zero-order valence-corrected chi connectivity index (χ0v) is 12.8. The number of hydrogen-bond donors (Lipinski definition) is 2. The van der Waals surface area contributed by atoms with Gasteiger partial charge in [-0.05, 0) is 44.6 Å². The van der Waals surface area contributed by atoms with Gasteiger partial charge in [0.05, 0.1) is 12.1 Å². The molecule has 20 heavy (non-hydrogen) atoms. The highest BCUT2D eigenvalue weighted by atomic mass is 16.3. The van der Waals surface area contributed by atoms with Crippen LogP contribution in [0.15, 0.2) is 0 Å².